The first-order valence-corrected chi connectivity index (χ1v) is 8.78. The number of ketones is 1. The Morgan fingerprint density at radius 3 is 2.38 bits per heavy atom. The van der Waals surface area contributed by atoms with Crippen molar-refractivity contribution in [2.75, 3.05) is 0 Å². The molecule has 1 nitrogen and oxygen atoms in total. The summed E-state index contributed by atoms with van der Waals surface area (Å²) in [5.41, 5.74) is 3.88. The molecule has 2 heteroatoms. The molecule has 1 aromatic carbocycles. The van der Waals surface area contributed by atoms with Gasteiger partial charge in [-0.05, 0) is 12.2 Å². The average molecular weight is 228 g/mol. The monoisotopic (exact) mass is 228 g/mol. The lowest BCUT2D eigenvalue weighted by molar-refractivity contribution is 0.104. The molecular formula is C14H16OSi. The Morgan fingerprint density at radius 1 is 1.19 bits per heavy atom. The quantitative estimate of drug-likeness (QED) is 0.328. The summed E-state index contributed by atoms with van der Waals surface area (Å²) in [4.78, 5) is 11.6. The molecule has 0 atom stereocenters. The van der Waals surface area contributed by atoms with Gasteiger partial charge in [-0.1, -0.05) is 55.9 Å². The fraction of sp³-hybridized carbons (Fsp3) is 0.214. The van der Waals surface area contributed by atoms with E-state index in [1.807, 2.05) is 18.2 Å². The molecule has 1 aromatic rings. The van der Waals surface area contributed by atoms with E-state index in [2.05, 4.69) is 31.1 Å². The van der Waals surface area contributed by atoms with Crippen LogP contribution in [-0.4, -0.2) is 13.9 Å². The third-order valence-electron chi connectivity index (χ3n) is 1.82. The van der Waals surface area contributed by atoms with Gasteiger partial charge in [-0.25, -0.2) is 0 Å². The largest absolute Gasteiger partial charge is 0.289 e. The lowest BCUT2D eigenvalue weighted by Crippen LogP contribution is -2.16. The molecule has 0 aliphatic rings. The minimum Gasteiger partial charge on any atom is -0.289 e. The van der Waals surface area contributed by atoms with Crippen molar-refractivity contribution in [3.05, 3.63) is 48.0 Å². The van der Waals surface area contributed by atoms with Gasteiger partial charge in [-0.15, -0.1) is 5.54 Å². The second-order valence-electron chi connectivity index (χ2n) is 4.58. The van der Waals surface area contributed by atoms with Crippen LogP contribution in [0.15, 0.2) is 42.5 Å². The standard InChI is InChI=1S/C14H16OSi/c1-16(2,3)12-8-7-11-14(15)13-9-5-4-6-10-13/h4-7,9-11H,1-3H3/b11-7+. The topological polar surface area (TPSA) is 17.1 Å². The molecule has 0 aliphatic heterocycles. The molecule has 0 radical (unpaired) electrons. The van der Waals surface area contributed by atoms with Gasteiger partial charge in [0.1, 0.15) is 8.07 Å². The molecule has 0 unspecified atom stereocenters. The second-order valence-corrected chi connectivity index (χ2v) is 9.33. The smallest absolute Gasteiger partial charge is 0.186 e. The highest BCUT2D eigenvalue weighted by Crippen LogP contribution is 2.00. The molecule has 0 N–H and O–H groups in total. The van der Waals surface area contributed by atoms with Crippen LogP contribution in [0.2, 0.25) is 19.6 Å². The summed E-state index contributed by atoms with van der Waals surface area (Å²) in [6.45, 7) is 6.52. The number of carbonyl (C=O) groups is 1. The zero-order valence-electron chi connectivity index (χ0n) is 9.95. The normalized spacial score (nSPS) is 10.9. The van der Waals surface area contributed by atoms with Crippen molar-refractivity contribution >= 4 is 13.9 Å². The number of hydrogen-bond donors (Lipinski definition) is 0. The maximum absolute atomic E-state index is 11.6. The van der Waals surface area contributed by atoms with E-state index in [4.69, 9.17) is 0 Å². The van der Waals surface area contributed by atoms with Crippen molar-refractivity contribution in [1.82, 2.24) is 0 Å². The SMILES string of the molecule is C[Si](C)(C)C#C/C=C/C(=O)c1ccccc1. The first-order valence-electron chi connectivity index (χ1n) is 5.28. The van der Waals surface area contributed by atoms with E-state index in [0.29, 0.717) is 5.56 Å². The summed E-state index contributed by atoms with van der Waals surface area (Å²) >= 11 is 0. The van der Waals surface area contributed by atoms with Crippen LogP contribution in [0.4, 0.5) is 0 Å². The Hall–Kier alpha value is -1.59. The Balaban J connectivity index is 2.65. The predicted octanol–water partition coefficient (Wildman–Crippen LogP) is 3.31. The minimum absolute atomic E-state index is 0.00507. The zero-order valence-corrected chi connectivity index (χ0v) is 10.9. The fourth-order valence-corrected chi connectivity index (χ4v) is 1.59. The molecule has 16 heavy (non-hydrogen) atoms. The van der Waals surface area contributed by atoms with Gasteiger partial charge in [-0.2, -0.15) is 0 Å². The van der Waals surface area contributed by atoms with Crippen LogP contribution in [0.1, 0.15) is 10.4 Å². The molecule has 0 amide bonds. The van der Waals surface area contributed by atoms with Crippen molar-refractivity contribution < 1.29 is 4.79 Å². The first-order chi connectivity index (χ1) is 7.49. The molecule has 0 heterocycles. The summed E-state index contributed by atoms with van der Waals surface area (Å²) in [7, 11) is -1.33. The summed E-state index contributed by atoms with van der Waals surface area (Å²) in [5, 5.41) is 0. The lowest BCUT2D eigenvalue weighted by Gasteiger charge is -2.02. The molecule has 0 saturated heterocycles. The van der Waals surface area contributed by atoms with Crippen LogP contribution in [0.5, 0.6) is 0 Å². The van der Waals surface area contributed by atoms with Gasteiger partial charge in [0.25, 0.3) is 0 Å². The van der Waals surface area contributed by atoms with Crippen molar-refractivity contribution in [3.8, 4) is 11.5 Å². The maximum Gasteiger partial charge on any atom is 0.186 e. The fourth-order valence-electron chi connectivity index (χ4n) is 1.07. The van der Waals surface area contributed by atoms with Crippen molar-refractivity contribution in [1.29, 1.82) is 0 Å². The summed E-state index contributed by atoms with van der Waals surface area (Å²) < 4.78 is 0. The van der Waals surface area contributed by atoms with Gasteiger partial charge >= 0.3 is 0 Å². The highest BCUT2D eigenvalue weighted by Gasteiger charge is 2.06. The van der Waals surface area contributed by atoms with Gasteiger partial charge < -0.3 is 0 Å². The molecule has 82 valence electrons. The van der Waals surface area contributed by atoms with E-state index < -0.39 is 8.07 Å². The van der Waals surface area contributed by atoms with Crippen molar-refractivity contribution in [2.45, 2.75) is 19.6 Å². The Morgan fingerprint density at radius 2 is 1.81 bits per heavy atom. The van der Waals surface area contributed by atoms with E-state index in [1.165, 1.54) is 6.08 Å². The Labute approximate surface area is 98.2 Å². The Kier molecular flexibility index (Phi) is 4.27. The zero-order chi connectivity index (χ0) is 12.0. The molecule has 0 fully saturated rings. The second kappa shape index (κ2) is 5.48. The van der Waals surface area contributed by atoms with E-state index in [-0.39, 0.29) is 5.78 Å². The molecule has 0 saturated carbocycles. The van der Waals surface area contributed by atoms with Crippen LogP contribution >= 0.6 is 0 Å². The van der Waals surface area contributed by atoms with Gasteiger partial charge in [0.05, 0.1) is 0 Å². The van der Waals surface area contributed by atoms with Crippen LogP contribution in [0.3, 0.4) is 0 Å². The Bertz CT molecular complexity index is 441. The number of allylic oxidation sites excluding steroid dienone is 2. The third-order valence-corrected chi connectivity index (χ3v) is 2.72. The third kappa shape index (κ3) is 4.76. The van der Waals surface area contributed by atoms with E-state index in [9.17, 15) is 4.79 Å². The molecule has 0 bridgehead atoms. The summed E-state index contributed by atoms with van der Waals surface area (Å²) in [6.07, 6.45) is 3.18. The molecular weight excluding hydrogens is 212 g/mol. The van der Waals surface area contributed by atoms with Crippen LogP contribution in [0, 0.1) is 11.5 Å². The first kappa shape index (κ1) is 12.5. The predicted molar refractivity (Wildman–Crippen MR) is 71.0 cm³/mol. The van der Waals surface area contributed by atoms with E-state index >= 15 is 0 Å². The average Bonchev–Trinajstić information content (AvgIpc) is 2.24. The minimum atomic E-state index is -1.33. The number of rotatable bonds is 2. The number of benzene rings is 1. The van der Waals surface area contributed by atoms with E-state index in [1.54, 1.807) is 18.2 Å². The van der Waals surface area contributed by atoms with Gasteiger partial charge in [0.15, 0.2) is 5.78 Å². The van der Waals surface area contributed by atoms with E-state index in [0.717, 1.165) is 0 Å². The van der Waals surface area contributed by atoms with Crippen molar-refractivity contribution in [2.24, 2.45) is 0 Å². The van der Waals surface area contributed by atoms with Gasteiger partial charge in [0.2, 0.25) is 0 Å². The van der Waals surface area contributed by atoms with Gasteiger partial charge in [0, 0.05) is 5.56 Å². The molecule has 0 spiro atoms. The van der Waals surface area contributed by atoms with Crippen LogP contribution in [0.25, 0.3) is 0 Å². The summed E-state index contributed by atoms with van der Waals surface area (Å²) in [5.74, 6) is 2.94. The summed E-state index contributed by atoms with van der Waals surface area (Å²) in [6, 6.07) is 9.21. The number of hydrogen-bond acceptors (Lipinski definition) is 1. The van der Waals surface area contributed by atoms with Crippen LogP contribution < -0.4 is 0 Å². The molecule has 0 aromatic heterocycles. The van der Waals surface area contributed by atoms with Gasteiger partial charge in [-0.3, -0.25) is 4.79 Å². The van der Waals surface area contributed by atoms with Crippen molar-refractivity contribution in [3.63, 3.8) is 0 Å². The molecule has 0 aliphatic carbocycles. The number of carbonyl (C=O) groups excluding carboxylic acids is 1. The van der Waals surface area contributed by atoms with Crippen LogP contribution in [-0.2, 0) is 0 Å². The maximum atomic E-state index is 11.6. The lowest BCUT2D eigenvalue weighted by atomic mass is 10.1. The molecule has 1 rings (SSSR count). The highest BCUT2D eigenvalue weighted by atomic mass is 28.3. The highest BCUT2D eigenvalue weighted by molar-refractivity contribution is 6.83.